The van der Waals surface area contributed by atoms with Crippen LogP contribution in [0.4, 0.5) is 4.39 Å². The van der Waals surface area contributed by atoms with Crippen LogP contribution in [0.3, 0.4) is 0 Å². The number of aromatic nitrogens is 2. The second kappa shape index (κ2) is 8.72. The summed E-state index contributed by atoms with van der Waals surface area (Å²) in [5, 5.41) is 4.02. The van der Waals surface area contributed by atoms with Gasteiger partial charge in [0.15, 0.2) is 19.0 Å². The zero-order valence-electron chi connectivity index (χ0n) is 15.7. The van der Waals surface area contributed by atoms with E-state index in [0.717, 1.165) is 6.42 Å². The minimum atomic E-state index is -0.327. The summed E-state index contributed by atoms with van der Waals surface area (Å²) in [4.78, 5) is 18.5. The highest BCUT2D eigenvalue weighted by Crippen LogP contribution is 2.25. The Balaban J connectivity index is 1.26. The lowest BCUT2D eigenvalue weighted by Gasteiger charge is -2.16. The number of para-hydroxylation sites is 1. The highest BCUT2D eigenvalue weighted by atomic mass is 19.1. The Morgan fingerprint density at radius 2 is 1.86 bits per heavy atom. The lowest BCUT2D eigenvalue weighted by molar-refractivity contribution is -0.132. The van der Waals surface area contributed by atoms with Crippen molar-refractivity contribution in [1.29, 1.82) is 0 Å². The van der Waals surface area contributed by atoms with Crippen molar-refractivity contribution in [1.82, 2.24) is 15.0 Å². The van der Waals surface area contributed by atoms with E-state index in [-0.39, 0.29) is 30.9 Å². The van der Waals surface area contributed by atoms with E-state index >= 15 is 0 Å². The molecule has 4 rings (SSSR count). The number of ether oxygens (including phenoxy) is 2. The van der Waals surface area contributed by atoms with E-state index in [1.54, 1.807) is 4.90 Å². The number of hydrogen-bond donors (Lipinski definition) is 0. The van der Waals surface area contributed by atoms with Gasteiger partial charge in [-0.15, -0.1) is 0 Å². The Bertz CT molecular complexity index is 946. The molecule has 2 heterocycles. The zero-order valence-corrected chi connectivity index (χ0v) is 15.7. The van der Waals surface area contributed by atoms with Gasteiger partial charge in [-0.2, -0.15) is 4.98 Å². The fourth-order valence-corrected chi connectivity index (χ4v) is 3.12. The molecule has 0 radical (unpaired) electrons. The number of nitrogens with zero attached hydrogens (tertiary/aromatic N) is 3. The van der Waals surface area contributed by atoms with E-state index in [4.69, 9.17) is 14.0 Å². The van der Waals surface area contributed by atoms with Crippen molar-refractivity contribution >= 4 is 5.91 Å². The van der Waals surface area contributed by atoms with E-state index in [1.807, 2.05) is 30.3 Å². The largest absolute Gasteiger partial charge is 0.484 e. The van der Waals surface area contributed by atoms with Crippen LogP contribution in [0.15, 0.2) is 59.1 Å². The molecular weight excluding hydrogens is 377 g/mol. The van der Waals surface area contributed by atoms with Gasteiger partial charge in [0.25, 0.3) is 11.8 Å². The van der Waals surface area contributed by atoms with Crippen LogP contribution < -0.4 is 9.47 Å². The summed E-state index contributed by atoms with van der Waals surface area (Å²) in [7, 11) is 0. The quantitative estimate of drug-likeness (QED) is 0.609. The molecule has 3 aromatic rings. The first-order chi connectivity index (χ1) is 14.2. The van der Waals surface area contributed by atoms with E-state index in [9.17, 15) is 9.18 Å². The van der Waals surface area contributed by atoms with E-state index in [1.165, 1.54) is 24.3 Å². The topological polar surface area (TPSA) is 77.7 Å². The summed E-state index contributed by atoms with van der Waals surface area (Å²) < 4.78 is 29.2. The molecule has 0 saturated carbocycles. The molecule has 150 valence electrons. The highest BCUT2D eigenvalue weighted by molar-refractivity contribution is 5.78. The molecule has 29 heavy (non-hydrogen) atoms. The van der Waals surface area contributed by atoms with E-state index < -0.39 is 0 Å². The smallest absolute Gasteiger partial charge is 0.264 e. The second-order valence-electron chi connectivity index (χ2n) is 6.72. The molecular formula is C21H20FN3O4. The van der Waals surface area contributed by atoms with Gasteiger partial charge >= 0.3 is 0 Å². The second-order valence-corrected chi connectivity index (χ2v) is 6.72. The zero-order chi connectivity index (χ0) is 20.1. The first kappa shape index (κ1) is 18.9. The van der Waals surface area contributed by atoms with Crippen molar-refractivity contribution in [3.63, 3.8) is 0 Å². The predicted molar refractivity (Wildman–Crippen MR) is 101 cm³/mol. The number of carbonyl (C=O) groups excluding carboxylic acids is 1. The normalized spacial score (nSPS) is 16.0. The van der Waals surface area contributed by atoms with Crippen molar-refractivity contribution in [2.24, 2.45) is 0 Å². The highest BCUT2D eigenvalue weighted by Gasteiger charge is 2.30. The van der Waals surface area contributed by atoms with Gasteiger partial charge < -0.3 is 18.9 Å². The van der Waals surface area contributed by atoms with Crippen LogP contribution in [-0.2, 0) is 11.4 Å². The minimum Gasteiger partial charge on any atom is -0.484 e. The molecule has 1 aliphatic rings. The monoisotopic (exact) mass is 397 g/mol. The predicted octanol–water partition coefficient (Wildman–Crippen LogP) is 3.18. The summed E-state index contributed by atoms with van der Waals surface area (Å²) in [6.45, 7) is 1.24. The van der Waals surface area contributed by atoms with Crippen molar-refractivity contribution < 1.29 is 23.2 Å². The third-order valence-corrected chi connectivity index (χ3v) is 4.67. The van der Waals surface area contributed by atoms with Gasteiger partial charge in [-0.1, -0.05) is 23.4 Å². The average molecular weight is 397 g/mol. The lowest BCUT2D eigenvalue weighted by atomic mass is 10.1. The first-order valence-electron chi connectivity index (χ1n) is 9.34. The van der Waals surface area contributed by atoms with Crippen molar-refractivity contribution in [3.05, 3.63) is 72.1 Å². The minimum absolute atomic E-state index is 0.000261. The third kappa shape index (κ3) is 4.90. The van der Waals surface area contributed by atoms with Gasteiger partial charge in [0, 0.05) is 19.0 Å². The molecule has 0 aliphatic carbocycles. The van der Waals surface area contributed by atoms with Crippen LogP contribution in [-0.4, -0.2) is 40.6 Å². The van der Waals surface area contributed by atoms with Crippen molar-refractivity contribution in [3.8, 4) is 11.5 Å². The number of hydrogen-bond acceptors (Lipinski definition) is 6. The maximum atomic E-state index is 12.9. The van der Waals surface area contributed by atoms with Gasteiger partial charge in [-0.05, 0) is 42.8 Å². The molecule has 1 aliphatic heterocycles. The van der Waals surface area contributed by atoms with Crippen LogP contribution >= 0.6 is 0 Å². The van der Waals surface area contributed by atoms with Crippen molar-refractivity contribution in [2.45, 2.75) is 18.9 Å². The Hall–Kier alpha value is -3.42. The summed E-state index contributed by atoms with van der Waals surface area (Å²) >= 11 is 0. The molecule has 1 atom stereocenters. The number of amides is 1. The molecule has 0 N–H and O–H groups in total. The van der Waals surface area contributed by atoms with Crippen LogP contribution in [0.5, 0.6) is 11.5 Å². The molecule has 8 heteroatoms. The third-order valence-electron chi connectivity index (χ3n) is 4.67. The Kier molecular flexibility index (Phi) is 5.69. The van der Waals surface area contributed by atoms with Crippen LogP contribution in [0.2, 0.25) is 0 Å². The molecule has 1 saturated heterocycles. The van der Waals surface area contributed by atoms with Gasteiger partial charge in [0.05, 0.1) is 0 Å². The maximum Gasteiger partial charge on any atom is 0.264 e. The number of likely N-dealkylation sites (tertiary alicyclic amines) is 1. The summed E-state index contributed by atoms with van der Waals surface area (Å²) in [6, 6.07) is 14.9. The lowest BCUT2D eigenvalue weighted by Crippen LogP contribution is -2.32. The Morgan fingerprint density at radius 3 is 2.66 bits per heavy atom. The SMILES string of the molecule is O=C(COc1ccccc1)N1CCC(c2noc(COc3ccc(F)cc3)n2)C1. The van der Waals surface area contributed by atoms with Crippen LogP contribution in [0.25, 0.3) is 0 Å². The number of rotatable bonds is 7. The van der Waals surface area contributed by atoms with Crippen molar-refractivity contribution in [2.75, 3.05) is 19.7 Å². The Labute approximate surface area is 167 Å². The molecule has 1 unspecified atom stereocenters. The van der Waals surface area contributed by atoms with Gasteiger partial charge in [-0.3, -0.25) is 4.79 Å². The standard InChI is InChI=1S/C21H20FN3O4/c22-16-6-8-18(9-7-16)27-13-19-23-21(24-29-19)15-10-11-25(12-15)20(26)14-28-17-4-2-1-3-5-17/h1-9,15H,10-14H2. The molecule has 0 bridgehead atoms. The molecule has 1 aromatic heterocycles. The molecule has 2 aromatic carbocycles. The maximum absolute atomic E-state index is 12.9. The summed E-state index contributed by atoms with van der Waals surface area (Å²) in [5.41, 5.74) is 0. The molecule has 0 spiro atoms. The number of benzene rings is 2. The fourth-order valence-electron chi connectivity index (χ4n) is 3.12. The van der Waals surface area contributed by atoms with Gasteiger partial charge in [-0.25, -0.2) is 4.39 Å². The molecule has 7 nitrogen and oxygen atoms in total. The summed E-state index contributed by atoms with van der Waals surface area (Å²) in [5.74, 6) is 1.69. The van der Waals surface area contributed by atoms with Crippen LogP contribution in [0, 0.1) is 5.82 Å². The first-order valence-corrected chi connectivity index (χ1v) is 9.34. The van der Waals surface area contributed by atoms with Gasteiger partial charge in [0.2, 0.25) is 0 Å². The number of halogens is 1. The fraction of sp³-hybridized carbons (Fsp3) is 0.286. The average Bonchev–Trinajstić information content (AvgIpc) is 3.42. The number of carbonyl (C=O) groups is 1. The Morgan fingerprint density at radius 1 is 1.10 bits per heavy atom. The van der Waals surface area contributed by atoms with E-state index in [0.29, 0.717) is 36.3 Å². The van der Waals surface area contributed by atoms with Gasteiger partial charge in [0.1, 0.15) is 17.3 Å². The summed E-state index contributed by atoms with van der Waals surface area (Å²) in [6.07, 6.45) is 0.759. The molecule has 1 amide bonds. The van der Waals surface area contributed by atoms with E-state index in [2.05, 4.69) is 10.1 Å². The van der Waals surface area contributed by atoms with Crippen LogP contribution in [0.1, 0.15) is 24.1 Å². The molecule has 1 fully saturated rings.